The molecule has 94 valence electrons. The Labute approximate surface area is 100 Å². The Morgan fingerprint density at radius 2 is 2.18 bits per heavy atom. The molecular weight excluding hydrogens is 222 g/mol. The van der Waals surface area contributed by atoms with Crippen molar-refractivity contribution in [1.82, 2.24) is 0 Å². The smallest absolute Gasteiger partial charge is 0.167 e. The molecular formula is C12H17NO4. The van der Waals surface area contributed by atoms with Crippen LogP contribution in [-0.4, -0.2) is 32.0 Å². The molecule has 0 bridgehead atoms. The Balaban J connectivity index is 2.47. The highest BCUT2D eigenvalue weighted by Gasteiger charge is 2.23. The normalized spacial score (nSPS) is 15.7. The minimum absolute atomic E-state index is 0.135. The number of aliphatic hydroxyl groups is 1. The standard InChI is InChI=1S/C12H17NO4/c1-15-7-8-2-3-10-12(17-5-4-16-10)11(8)9(14)6-13/h2-3,9,14H,4-7,13H2,1H3. The van der Waals surface area contributed by atoms with Crippen LogP contribution in [0.25, 0.3) is 0 Å². The molecule has 1 aromatic carbocycles. The molecule has 1 atom stereocenters. The van der Waals surface area contributed by atoms with Crippen LogP contribution < -0.4 is 15.2 Å². The predicted octanol–water partition coefficient (Wildman–Crippen LogP) is 0.596. The lowest BCUT2D eigenvalue weighted by Crippen LogP contribution is -2.21. The topological polar surface area (TPSA) is 73.9 Å². The minimum atomic E-state index is -0.767. The summed E-state index contributed by atoms with van der Waals surface area (Å²) in [7, 11) is 1.61. The van der Waals surface area contributed by atoms with E-state index in [1.807, 2.05) is 12.1 Å². The lowest BCUT2D eigenvalue weighted by Gasteiger charge is -2.25. The van der Waals surface area contributed by atoms with E-state index >= 15 is 0 Å². The van der Waals surface area contributed by atoms with Crippen molar-refractivity contribution in [3.05, 3.63) is 23.3 Å². The van der Waals surface area contributed by atoms with Gasteiger partial charge in [0.2, 0.25) is 0 Å². The molecule has 17 heavy (non-hydrogen) atoms. The van der Waals surface area contributed by atoms with Crippen LogP contribution in [0.2, 0.25) is 0 Å². The van der Waals surface area contributed by atoms with Gasteiger partial charge in [-0.25, -0.2) is 0 Å². The Kier molecular flexibility index (Phi) is 3.83. The van der Waals surface area contributed by atoms with Crippen LogP contribution in [0.4, 0.5) is 0 Å². The molecule has 1 heterocycles. The zero-order chi connectivity index (χ0) is 12.3. The first-order valence-electron chi connectivity index (χ1n) is 5.56. The maximum Gasteiger partial charge on any atom is 0.167 e. The van der Waals surface area contributed by atoms with E-state index in [4.69, 9.17) is 19.9 Å². The summed E-state index contributed by atoms with van der Waals surface area (Å²) in [6.07, 6.45) is -0.767. The van der Waals surface area contributed by atoms with Crippen molar-refractivity contribution in [3.63, 3.8) is 0 Å². The van der Waals surface area contributed by atoms with Gasteiger partial charge in [-0.15, -0.1) is 0 Å². The fourth-order valence-electron chi connectivity index (χ4n) is 1.94. The maximum absolute atomic E-state index is 9.98. The Morgan fingerprint density at radius 1 is 1.41 bits per heavy atom. The van der Waals surface area contributed by atoms with Gasteiger partial charge in [-0.2, -0.15) is 0 Å². The summed E-state index contributed by atoms with van der Waals surface area (Å²) in [6, 6.07) is 3.70. The molecule has 0 radical (unpaired) electrons. The van der Waals surface area contributed by atoms with Gasteiger partial charge in [0.1, 0.15) is 13.2 Å². The van der Waals surface area contributed by atoms with Gasteiger partial charge in [-0.05, 0) is 11.6 Å². The van der Waals surface area contributed by atoms with Gasteiger partial charge >= 0.3 is 0 Å². The summed E-state index contributed by atoms with van der Waals surface area (Å²) in [5.74, 6) is 1.24. The van der Waals surface area contributed by atoms with E-state index in [9.17, 15) is 5.11 Å². The number of benzene rings is 1. The summed E-state index contributed by atoms with van der Waals surface area (Å²) in [5.41, 5.74) is 7.06. The average Bonchev–Trinajstić information content (AvgIpc) is 2.38. The lowest BCUT2D eigenvalue weighted by atomic mass is 10.0. The molecule has 2 rings (SSSR count). The van der Waals surface area contributed by atoms with Gasteiger partial charge in [-0.3, -0.25) is 0 Å². The second-order valence-electron chi connectivity index (χ2n) is 3.85. The second kappa shape index (κ2) is 5.35. The van der Waals surface area contributed by atoms with E-state index < -0.39 is 6.10 Å². The van der Waals surface area contributed by atoms with Crippen molar-refractivity contribution >= 4 is 0 Å². The van der Waals surface area contributed by atoms with E-state index in [-0.39, 0.29) is 6.54 Å². The van der Waals surface area contributed by atoms with Crippen molar-refractivity contribution < 1.29 is 19.3 Å². The van der Waals surface area contributed by atoms with E-state index in [2.05, 4.69) is 0 Å². The molecule has 0 fully saturated rings. The molecule has 1 aliphatic rings. The second-order valence-corrected chi connectivity index (χ2v) is 3.85. The van der Waals surface area contributed by atoms with Crippen molar-refractivity contribution in [2.24, 2.45) is 5.73 Å². The zero-order valence-corrected chi connectivity index (χ0v) is 9.81. The van der Waals surface area contributed by atoms with Crippen LogP contribution in [0.15, 0.2) is 12.1 Å². The fraction of sp³-hybridized carbons (Fsp3) is 0.500. The summed E-state index contributed by atoms with van der Waals surface area (Å²) >= 11 is 0. The number of ether oxygens (including phenoxy) is 3. The Hall–Kier alpha value is -1.30. The average molecular weight is 239 g/mol. The summed E-state index contributed by atoms with van der Waals surface area (Å²) in [4.78, 5) is 0. The van der Waals surface area contributed by atoms with Crippen molar-refractivity contribution in [2.75, 3.05) is 26.9 Å². The van der Waals surface area contributed by atoms with Gasteiger partial charge in [0, 0.05) is 19.2 Å². The lowest BCUT2D eigenvalue weighted by molar-refractivity contribution is 0.141. The molecule has 0 spiro atoms. The summed E-state index contributed by atoms with van der Waals surface area (Å²) < 4.78 is 16.1. The molecule has 5 heteroatoms. The van der Waals surface area contributed by atoms with Crippen molar-refractivity contribution in [3.8, 4) is 11.5 Å². The first kappa shape index (κ1) is 12.2. The summed E-state index contributed by atoms with van der Waals surface area (Å²) in [6.45, 7) is 1.54. The number of hydrogen-bond donors (Lipinski definition) is 2. The molecule has 0 aliphatic carbocycles. The first-order chi connectivity index (χ1) is 8.27. The highest BCUT2D eigenvalue weighted by molar-refractivity contribution is 5.52. The number of hydrogen-bond acceptors (Lipinski definition) is 5. The van der Waals surface area contributed by atoms with Crippen molar-refractivity contribution in [2.45, 2.75) is 12.7 Å². The maximum atomic E-state index is 9.98. The Bertz CT molecular complexity index is 394. The highest BCUT2D eigenvalue weighted by Crippen LogP contribution is 2.39. The molecule has 5 nitrogen and oxygen atoms in total. The largest absolute Gasteiger partial charge is 0.486 e. The molecule has 1 aliphatic heterocycles. The quantitative estimate of drug-likeness (QED) is 0.804. The monoisotopic (exact) mass is 239 g/mol. The van der Waals surface area contributed by atoms with Crippen molar-refractivity contribution in [1.29, 1.82) is 0 Å². The van der Waals surface area contributed by atoms with E-state index in [0.717, 1.165) is 5.56 Å². The van der Waals surface area contributed by atoms with Crippen LogP contribution >= 0.6 is 0 Å². The van der Waals surface area contributed by atoms with Crippen LogP contribution in [0.3, 0.4) is 0 Å². The summed E-state index contributed by atoms with van der Waals surface area (Å²) in [5, 5.41) is 9.98. The number of methoxy groups -OCH3 is 1. The Morgan fingerprint density at radius 3 is 2.88 bits per heavy atom. The van der Waals surface area contributed by atoms with Crippen LogP contribution in [-0.2, 0) is 11.3 Å². The van der Waals surface area contributed by atoms with Gasteiger partial charge in [0.25, 0.3) is 0 Å². The SMILES string of the molecule is COCc1ccc2c(c1C(O)CN)OCCO2. The number of nitrogens with two attached hydrogens (primary N) is 1. The van der Waals surface area contributed by atoms with Gasteiger partial charge in [0.15, 0.2) is 11.5 Å². The predicted molar refractivity (Wildman–Crippen MR) is 62.2 cm³/mol. The number of fused-ring (bicyclic) bond motifs is 1. The number of aliphatic hydroxyl groups excluding tert-OH is 1. The van der Waals surface area contributed by atoms with Gasteiger partial charge < -0.3 is 25.1 Å². The third-order valence-corrected chi connectivity index (χ3v) is 2.69. The molecule has 1 unspecified atom stereocenters. The van der Waals surface area contributed by atoms with Gasteiger partial charge in [-0.1, -0.05) is 6.07 Å². The minimum Gasteiger partial charge on any atom is -0.486 e. The van der Waals surface area contributed by atoms with E-state index in [1.165, 1.54) is 0 Å². The molecule has 0 amide bonds. The van der Waals surface area contributed by atoms with Gasteiger partial charge in [0.05, 0.1) is 12.7 Å². The number of rotatable bonds is 4. The van der Waals surface area contributed by atoms with E-state index in [0.29, 0.717) is 36.9 Å². The van der Waals surface area contributed by atoms with Crippen LogP contribution in [0, 0.1) is 0 Å². The third kappa shape index (κ3) is 2.36. The molecule has 1 aromatic rings. The fourth-order valence-corrected chi connectivity index (χ4v) is 1.94. The van der Waals surface area contributed by atoms with Crippen LogP contribution in [0.1, 0.15) is 17.2 Å². The molecule has 0 saturated carbocycles. The van der Waals surface area contributed by atoms with E-state index in [1.54, 1.807) is 7.11 Å². The molecule has 3 N–H and O–H groups in total. The first-order valence-corrected chi connectivity index (χ1v) is 5.56. The molecule has 0 aromatic heterocycles. The molecule has 0 saturated heterocycles. The zero-order valence-electron chi connectivity index (χ0n) is 9.81. The highest BCUT2D eigenvalue weighted by atomic mass is 16.6. The van der Waals surface area contributed by atoms with Crippen LogP contribution in [0.5, 0.6) is 11.5 Å². The third-order valence-electron chi connectivity index (χ3n) is 2.69.